The number of rotatable bonds is 2. The lowest BCUT2D eigenvalue weighted by Crippen LogP contribution is -2.32. The zero-order valence-electron chi connectivity index (χ0n) is 8.78. The minimum atomic E-state index is -1.23. The Bertz CT molecular complexity index is 462. The van der Waals surface area contributed by atoms with Crippen molar-refractivity contribution in [1.29, 1.82) is 0 Å². The Labute approximate surface area is 95.7 Å². The maximum Gasteiger partial charge on any atom is 0.346 e. The van der Waals surface area contributed by atoms with Crippen molar-refractivity contribution in [2.75, 3.05) is 12.3 Å². The van der Waals surface area contributed by atoms with Gasteiger partial charge in [0.15, 0.2) is 0 Å². The highest BCUT2D eigenvalue weighted by Gasteiger charge is 2.43. The molecule has 6 N–H and O–H groups in total. The Balaban J connectivity index is 2.32. The predicted molar refractivity (Wildman–Crippen MR) is 56.0 cm³/mol. The van der Waals surface area contributed by atoms with Crippen molar-refractivity contribution >= 4 is 5.82 Å². The molecule has 1 fully saturated rings. The van der Waals surface area contributed by atoms with Gasteiger partial charge in [0, 0.05) is 11.8 Å². The van der Waals surface area contributed by atoms with E-state index in [2.05, 4.69) is 9.97 Å². The van der Waals surface area contributed by atoms with Crippen molar-refractivity contribution in [2.45, 2.75) is 24.4 Å². The van der Waals surface area contributed by atoms with Gasteiger partial charge in [-0.1, -0.05) is 0 Å². The second kappa shape index (κ2) is 4.41. The summed E-state index contributed by atoms with van der Waals surface area (Å²) in [6, 6.07) is 0. The maximum absolute atomic E-state index is 10.9. The highest BCUT2D eigenvalue weighted by molar-refractivity contribution is 5.39. The molecule has 4 atom stereocenters. The Morgan fingerprint density at radius 1 is 1.47 bits per heavy atom. The van der Waals surface area contributed by atoms with E-state index in [0.717, 1.165) is 0 Å². The Kier molecular flexibility index (Phi) is 3.11. The lowest BCUT2D eigenvalue weighted by atomic mass is 10.0. The zero-order chi connectivity index (χ0) is 12.6. The summed E-state index contributed by atoms with van der Waals surface area (Å²) in [5.41, 5.74) is 5.19. The molecule has 0 aliphatic carbocycles. The number of nitrogens with two attached hydrogens (primary N) is 1. The van der Waals surface area contributed by atoms with Gasteiger partial charge in [0.25, 0.3) is 0 Å². The van der Waals surface area contributed by atoms with Crippen LogP contribution in [0.2, 0.25) is 0 Å². The third kappa shape index (κ3) is 2.03. The molecule has 1 aromatic rings. The summed E-state index contributed by atoms with van der Waals surface area (Å²) >= 11 is 0. The molecule has 1 aliphatic heterocycles. The van der Waals surface area contributed by atoms with Gasteiger partial charge in [-0.25, -0.2) is 4.79 Å². The standard InChI is InChI=1S/C9H13N3O5/c10-8-3(1-11-9(16)12-8)7-6(15)5(14)4(2-13)17-7/h1,4-7,13-15H,2H2,(H3,10,11,12,16)/t4-,5-,6-,7?/m1/s1. The number of nitrogens with one attached hydrogen (secondary N) is 1. The van der Waals surface area contributed by atoms with Crippen LogP contribution in [0.25, 0.3) is 0 Å². The molecule has 0 spiro atoms. The molecule has 2 rings (SSSR count). The van der Waals surface area contributed by atoms with Gasteiger partial charge in [-0.15, -0.1) is 0 Å². The van der Waals surface area contributed by atoms with Gasteiger partial charge < -0.3 is 30.8 Å². The smallest absolute Gasteiger partial charge is 0.346 e. The molecule has 2 heterocycles. The number of hydrogen-bond donors (Lipinski definition) is 5. The van der Waals surface area contributed by atoms with Crippen LogP contribution in [0.4, 0.5) is 5.82 Å². The highest BCUT2D eigenvalue weighted by atomic mass is 16.6. The summed E-state index contributed by atoms with van der Waals surface area (Å²) in [7, 11) is 0. The van der Waals surface area contributed by atoms with Crippen LogP contribution in [0, 0.1) is 0 Å². The molecule has 0 aromatic carbocycles. The molecule has 0 radical (unpaired) electrons. The molecule has 8 heteroatoms. The van der Waals surface area contributed by atoms with E-state index in [1.807, 2.05) is 0 Å². The molecular weight excluding hydrogens is 230 g/mol. The van der Waals surface area contributed by atoms with Gasteiger partial charge in [0.05, 0.1) is 6.61 Å². The molecule has 8 nitrogen and oxygen atoms in total. The molecule has 1 saturated heterocycles. The van der Waals surface area contributed by atoms with Crippen LogP contribution in [0.15, 0.2) is 11.0 Å². The lowest BCUT2D eigenvalue weighted by Gasteiger charge is -2.15. The normalized spacial score (nSPS) is 32.9. The number of aromatic amines is 1. The van der Waals surface area contributed by atoms with Gasteiger partial charge >= 0.3 is 5.69 Å². The predicted octanol–water partition coefficient (Wildman–Crippen LogP) is -2.49. The summed E-state index contributed by atoms with van der Waals surface area (Å²) in [6.07, 6.45) is -2.99. The van der Waals surface area contributed by atoms with Gasteiger partial charge in [0.1, 0.15) is 30.2 Å². The van der Waals surface area contributed by atoms with E-state index in [1.165, 1.54) is 6.20 Å². The van der Waals surface area contributed by atoms with Crippen LogP contribution in [-0.4, -0.2) is 50.2 Å². The van der Waals surface area contributed by atoms with Crippen LogP contribution in [0.3, 0.4) is 0 Å². The zero-order valence-corrected chi connectivity index (χ0v) is 8.78. The third-order valence-electron chi connectivity index (χ3n) is 2.72. The van der Waals surface area contributed by atoms with Crippen LogP contribution in [0.5, 0.6) is 0 Å². The van der Waals surface area contributed by atoms with E-state index in [9.17, 15) is 15.0 Å². The minimum Gasteiger partial charge on any atom is -0.394 e. The van der Waals surface area contributed by atoms with Gasteiger partial charge in [-0.2, -0.15) is 4.98 Å². The molecule has 94 valence electrons. The molecule has 0 saturated carbocycles. The van der Waals surface area contributed by atoms with E-state index in [1.54, 1.807) is 0 Å². The first-order chi connectivity index (χ1) is 8.04. The van der Waals surface area contributed by atoms with Crippen molar-refractivity contribution in [3.63, 3.8) is 0 Å². The van der Waals surface area contributed by atoms with E-state index in [4.69, 9.17) is 15.6 Å². The fourth-order valence-corrected chi connectivity index (χ4v) is 1.80. The topological polar surface area (TPSA) is 142 Å². The second-order valence-electron chi connectivity index (χ2n) is 3.81. The maximum atomic E-state index is 10.9. The first-order valence-electron chi connectivity index (χ1n) is 5.02. The molecular formula is C9H13N3O5. The number of anilines is 1. The highest BCUT2D eigenvalue weighted by Crippen LogP contribution is 2.34. The first kappa shape index (κ1) is 12.0. The van der Waals surface area contributed by atoms with Crippen molar-refractivity contribution in [2.24, 2.45) is 0 Å². The average Bonchev–Trinajstić information content (AvgIpc) is 2.57. The minimum absolute atomic E-state index is 0.0800. The molecule has 1 aliphatic rings. The second-order valence-corrected chi connectivity index (χ2v) is 3.81. The van der Waals surface area contributed by atoms with Gasteiger partial charge in [-0.3, -0.25) is 0 Å². The van der Waals surface area contributed by atoms with Gasteiger partial charge in [-0.05, 0) is 0 Å². The summed E-state index contributed by atoms with van der Waals surface area (Å²) in [4.78, 5) is 16.6. The fourth-order valence-electron chi connectivity index (χ4n) is 1.80. The average molecular weight is 243 g/mol. The van der Waals surface area contributed by atoms with E-state index >= 15 is 0 Å². The largest absolute Gasteiger partial charge is 0.394 e. The van der Waals surface area contributed by atoms with E-state index in [-0.39, 0.29) is 11.4 Å². The van der Waals surface area contributed by atoms with E-state index < -0.39 is 36.7 Å². The molecule has 0 amide bonds. The Morgan fingerprint density at radius 2 is 2.18 bits per heavy atom. The quantitative estimate of drug-likeness (QED) is 0.386. The van der Waals surface area contributed by atoms with Crippen LogP contribution >= 0.6 is 0 Å². The number of ether oxygens (including phenoxy) is 1. The molecule has 0 bridgehead atoms. The number of nitrogens with zero attached hydrogens (tertiary/aromatic N) is 1. The SMILES string of the molecule is Nc1nc(=O)[nH]cc1C1O[C@H](CO)[C@@H](O)[C@H]1O. The fraction of sp³-hybridized carbons (Fsp3) is 0.556. The summed E-state index contributed by atoms with van der Waals surface area (Å²) in [6.45, 7) is -0.425. The number of hydrogen-bond acceptors (Lipinski definition) is 7. The van der Waals surface area contributed by atoms with Crippen molar-refractivity contribution in [3.8, 4) is 0 Å². The third-order valence-corrected chi connectivity index (χ3v) is 2.72. The number of aliphatic hydroxyl groups excluding tert-OH is 3. The molecule has 1 unspecified atom stereocenters. The van der Waals surface area contributed by atoms with Crippen LogP contribution in [0.1, 0.15) is 11.7 Å². The van der Waals surface area contributed by atoms with Crippen LogP contribution < -0.4 is 11.4 Å². The molecule has 1 aromatic heterocycles. The number of nitrogen functional groups attached to an aromatic ring is 1. The lowest BCUT2D eigenvalue weighted by molar-refractivity contribution is -0.0227. The summed E-state index contributed by atoms with van der Waals surface area (Å²) in [5, 5.41) is 28.2. The Morgan fingerprint density at radius 3 is 2.71 bits per heavy atom. The number of aromatic nitrogens is 2. The molecule has 17 heavy (non-hydrogen) atoms. The Hall–Kier alpha value is -1.48. The summed E-state index contributed by atoms with van der Waals surface area (Å²) in [5.74, 6) is -0.0800. The van der Waals surface area contributed by atoms with Crippen molar-refractivity contribution in [3.05, 3.63) is 22.2 Å². The van der Waals surface area contributed by atoms with Crippen LogP contribution in [-0.2, 0) is 4.74 Å². The summed E-state index contributed by atoms with van der Waals surface area (Å²) < 4.78 is 5.25. The van der Waals surface area contributed by atoms with E-state index in [0.29, 0.717) is 0 Å². The van der Waals surface area contributed by atoms with Crippen molar-refractivity contribution < 1.29 is 20.1 Å². The van der Waals surface area contributed by atoms with Crippen molar-refractivity contribution in [1.82, 2.24) is 9.97 Å². The monoisotopic (exact) mass is 243 g/mol. The first-order valence-corrected chi connectivity index (χ1v) is 5.02. The number of H-pyrrole nitrogens is 1. The number of aliphatic hydroxyl groups is 3. The van der Waals surface area contributed by atoms with Gasteiger partial charge in [0.2, 0.25) is 0 Å².